The number of benzene rings is 1. The predicted molar refractivity (Wildman–Crippen MR) is 84.1 cm³/mol. The van der Waals surface area contributed by atoms with Gasteiger partial charge in [0.1, 0.15) is 0 Å². The minimum Gasteiger partial charge on any atom is -0.322 e. The summed E-state index contributed by atoms with van der Waals surface area (Å²) < 4.78 is 1.66. The lowest BCUT2D eigenvalue weighted by Gasteiger charge is -2.04. The van der Waals surface area contributed by atoms with Crippen LogP contribution >= 0.6 is 43.2 Å². The Balaban J connectivity index is 2.15. The Kier molecular flexibility index (Phi) is 4.54. The van der Waals surface area contributed by atoms with Crippen molar-refractivity contribution in [3.05, 3.63) is 49.0 Å². The molecule has 1 aromatic heterocycles. The van der Waals surface area contributed by atoms with Crippen LogP contribution in [0.15, 0.2) is 37.9 Å². The van der Waals surface area contributed by atoms with Gasteiger partial charge in [-0.3, -0.25) is 9.59 Å². The first-order chi connectivity index (χ1) is 8.97. The predicted octanol–water partition coefficient (Wildman–Crippen LogP) is 4.73. The molecule has 0 saturated heterocycles. The number of carbonyl (C=O) groups excluding carboxylic acids is 2. The van der Waals surface area contributed by atoms with Gasteiger partial charge < -0.3 is 5.32 Å². The minimum absolute atomic E-state index is 0.00221. The summed E-state index contributed by atoms with van der Waals surface area (Å²) in [5.41, 5.74) is 1.86. The molecule has 98 valence electrons. The van der Waals surface area contributed by atoms with Crippen molar-refractivity contribution in [1.29, 1.82) is 0 Å². The number of Topliss-reactive ketones (excluding diaryl/α,β-unsaturated/α-hetero) is 1. The lowest BCUT2D eigenvalue weighted by Crippen LogP contribution is -2.11. The van der Waals surface area contributed by atoms with Crippen LogP contribution < -0.4 is 5.32 Å². The van der Waals surface area contributed by atoms with Gasteiger partial charge in [-0.25, -0.2) is 0 Å². The highest BCUT2D eigenvalue weighted by Gasteiger charge is 2.13. The molecule has 2 aromatic rings. The summed E-state index contributed by atoms with van der Waals surface area (Å²) in [5, 5.41) is 2.78. The summed E-state index contributed by atoms with van der Waals surface area (Å²) in [6.45, 7) is 1.51. The quantitative estimate of drug-likeness (QED) is 0.754. The van der Waals surface area contributed by atoms with Crippen LogP contribution in [0.1, 0.15) is 27.6 Å². The van der Waals surface area contributed by atoms with E-state index in [4.69, 9.17) is 0 Å². The first kappa shape index (κ1) is 14.4. The van der Waals surface area contributed by atoms with Crippen LogP contribution in [0.2, 0.25) is 0 Å². The lowest BCUT2D eigenvalue weighted by molar-refractivity contribution is 0.101. The second kappa shape index (κ2) is 5.98. The van der Waals surface area contributed by atoms with Gasteiger partial charge in [0, 0.05) is 11.3 Å². The average molecular weight is 403 g/mol. The summed E-state index contributed by atoms with van der Waals surface area (Å²) in [6, 6.07) is 8.56. The first-order valence-electron chi connectivity index (χ1n) is 5.34. The van der Waals surface area contributed by atoms with Crippen molar-refractivity contribution in [2.24, 2.45) is 0 Å². The zero-order chi connectivity index (χ0) is 14.0. The number of rotatable bonds is 3. The molecule has 6 heteroatoms. The molecular weight excluding hydrogens is 394 g/mol. The molecule has 0 bridgehead atoms. The van der Waals surface area contributed by atoms with Gasteiger partial charge >= 0.3 is 0 Å². The Morgan fingerprint density at radius 1 is 1.16 bits per heavy atom. The van der Waals surface area contributed by atoms with E-state index in [9.17, 15) is 9.59 Å². The molecule has 2 rings (SSSR count). The SMILES string of the molecule is CC(=O)c1ccc(NC(=O)c2cc(Br)sc2Br)cc1. The van der Waals surface area contributed by atoms with Gasteiger partial charge in [0.05, 0.1) is 13.1 Å². The Morgan fingerprint density at radius 3 is 2.26 bits per heavy atom. The van der Waals surface area contributed by atoms with Gasteiger partial charge in [-0.2, -0.15) is 0 Å². The zero-order valence-electron chi connectivity index (χ0n) is 9.87. The summed E-state index contributed by atoms with van der Waals surface area (Å²) in [4.78, 5) is 23.2. The van der Waals surface area contributed by atoms with Crippen LogP contribution in [0.3, 0.4) is 0 Å². The van der Waals surface area contributed by atoms with Gasteiger partial charge in [-0.1, -0.05) is 0 Å². The molecule has 0 atom stereocenters. The molecule has 1 heterocycles. The van der Waals surface area contributed by atoms with Crippen molar-refractivity contribution in [3.8, 4) is 0 Å². The van der Waals surface area contributed by atoms with Crippen molar-refractivity contribution >= 4 is 60.6 Å². The molecule has 0 aliphatic heterocycles. The number of carbonyl (C=O) groups is 2. The fourth-order valence-electron chi connectivity index (χ4n) is 1.48. The number of thiophene rings is 1. The molecule has 1 aromatic carbocycles. The van der Waals surface area contributed by atoms with E-state index < -0.39 is 0 Å². The van der Waals surface area contributed by atoms with Crippen LogP contribution in [0, 0.1) is 0 Å². The molecule has 19 heavy (non-hydrogen) atoms. The molecule has 1 amide bonds. The number of hydrogen-bond donors (Lipinski definition) is 1. The molecule has 0 aliphatic carbocycles. The molecular formula is C13H9Br2NO2S. The van der Waals surface area contributed by atoms with Crippen LogP contribution in [-0.4, -0.2) is 11.7 Å². The van der Waals surface area contributed by atoms with Gasteiger partial charge in [-0.05, 0) is 69.1 Å². The van der Waals surface area contributed by atoms with E-state index >= 15 is 0 Å². The average Bonchev–Trinajstić information content (AvgIpc) is 2.69. The van der Waals surface area contributed by atoms with E-state index in [1.54, 1.807) is 30.3 Å². The Hall–Kier alpha value is -0.980. The zero-order valence-corrected chi connectivity index (χ0v) is 13.9. The van der Waals surface area contributed by atoms with Gasteiger partial charge in [0.15, 0.2) is 5.78 Å². The largest absolute Gasteiger partial charge is 0.322 e. The maximum absolute atomic E-state index is 12.0. The molecule has 3 nitrogen and oxygen atoms in total. The Morgan fingerprint density at radius 2 is 1.79 bits per heavy atom. The Labute approximate surface area is 131 Å². The molecule has 0 fully saturated rings. The second-order valence-corrected chi connectivity index (χ2v) is 7.57. The lowest BCUT2D eigenvalue weighted by atomic mass is 10.1. The van der Waals surface area contributed by atoms with Crippen molar-refractivity contribution in [1.82, 2.24) is 0 Å². The van der Waals surface area contributed by atoms with Crippen LogP contribution in [0.4, 0.5) is 5.69 Å². The van der Waals surface area contributed by atoms with Crippen molar-refractivity contribution < 1.29 is 9.59 Å². The number of anilines is 1. The van der Waals surface area contributed by atoms with Crippen molar-refractivity contribution in [3.63, 3.8) is 0 Å². The van der Waals surface area contributed by atoms with Crippen LogP contribution in [0.5, 0.6) is 0 Å². The van der Waals surface area contributed by atoms with Crippen LogP contribution in [0.25, 0.3) is 0 Å². The third-order valence-corrected chi connectivity index (χ3v) is 4.79. The fourth-order valence-corrected chi connectivity index (χ4v) is 4.28. The molecule has 0 aliphatic rings. The topological polar surface area (TPSA) is 46.2 Å². The monoisotopic (exact) mass is 401 g/mol. The summed E-state index contributed by atoms with van der Waals surface area (Å²) in [6.07, 6.45) is 0. The molecule has 0 saturated carbocycles. The summed E-state index contributed by atoms with van der Waals surface area (Å²) in [7, 11) is 0. The van der Waals surface area contributed by atoms with E-state index in [1.165, 1.54) is 18.3 Å². The number of amides is 1. The number of nitrogens with one attached hydrogen (secondary N) is 1. The van der Waals surface area contributed by atoms with Gasteiger partial charge in [-0.15, -0.1) is 11.3 Å². The maximum atomic E-state index is 12.0. The maximum Gasteiger partial charge on any atom is 0.257 e. The number of halogens is 2. The second-order valence-electron chi connectivity index (χ2n) is 3.83. The highest BCUT2D eigenvalue weighted by molar-refractivity contribution is 9.12. The minimum atomic E-state index is -0.190. The van der Waals surface area contributed by atoms with Crippen molar-refractivity contribution in [2.45, 2.75) is 6.92 Å². The molecule has 0 unspecified atom stereocenters. The highest BCUT2D eigenvalue weighted by Crippen LogP contribution is 2.32. The van der Waals surface area contributed by atoms with Crippen LogP contribution in [-0.2, 0) is 0 Å². The first-order valence-corrected chi connectivity index (χ1v) is 7.75. The Bertz CT molecular complexity index is 635. The number of hydrogen-bond acceptors (Lipinski definition) is 3. The van der Waals surface area contributed by atoms with E-state index in [1.807, 2.05) is 0 Å². The highest BCUT2D eigenvalue weighted by atomic mass is 79.9. The van der Waals surface area contributed by atoms with Crippen molar-refractivity contribution in [2.75, 3.05) is 5.32 Å². The summed E-state index contributed by atoms with van der Waals surface area (Å²) in [5.74, 6) is -0.188. The molecule has 0 radical (unpaired) electrons. The molecule has 1 N–H and O–H groups in total. The van der Waals surface area contributed by atoms with E-state index in [0.717, 1.165) is 7.57 Å². The third kappa shape index (κ3) is 3.52. The van der Waals surface area contributed by atoms with Gasteiger partial charge in [0.2, 0.25) is 0 Å². The smallest absolute Gasteiger partial charge is 0.257 e. The number of ketones is 1. The molecule has 0 spiro atoms. The summed E-state index contributed by atoms with van der Waals surface area (Å²) >= 11 is 8.12. The fraction of sp³-hybridized carbons (Fsp3) is 0.0769. The van der Waals surface area contributed by atoms with Gasteiger partial charge in [0.25, 0.3) is 5.91 Å². The standard InChI is InChI=1S/C13H9Br2NO2S/c1-7(17)8-2-4-9(5-3-8)16-13(18)10-6-11(14)19-12(10)15/h2-6H,1H3,(H,16,18). The van der Waals surface area contributed by atoms with E-state index in [2.05, 4.69) is 37.2 Å². The van der Waals surface area contributed by atoms with E-state index in [-0.39, 0.29) is 11.7 Å². The van der Waals surface area contributed by atoms with E-state index in [0.29, 0.717) is 16.8 Å². The normalized spacial score (nSPS) is 10.3. The third-order valence-electron chi connectivity index (χ3n) is 2.45.